The zero-order valence-electron chi connectivity index (χ0n) is 10.6. The maximum Gasteiger partial charge on any atom is 0.347 e. The van der Waals surface area contributed by atoms with E-state index >= 15 is 0 Å². The Bertz CT molecular complexity index is 565. The molecule has 1 N–H and O–H groups in total. The van der Waals surface area contributed by atoms with E-state index in [0.717, 1.165) is 0 Å². The molecular formula is C12H12ClN3O3S. The number of benzene rings is 1. The van der Waals surface area contributed by atoms with E-state index in [0.29, 0.717) is 22.4 Å². The molecule has 0 saturated carbocycles. The Balaban J connectivity index is 2.09. The Morgan fingerprint density at radius 1 is 1.55 bits per heavy atom. The number of rotatable bonds is 3. The van der Waals surface area contributed by atoms with E-state index < -0.39 is 6.03 Å². The second kappa shape index (κ2) is 6.62. The fourth-order valence-corrected chi connectivity index (χ4v) is 2.53. The summed E-state index contributed by atoms with van der Waals surface area (Å²) in [7, 11) is 1.58. The van der Waals surface area contributed by atoms with Crippen LogP contribution in [0.25, 0.3) is 0 Å². The highest BCUT2D eigenvalue weighted by atomic mass is 35.5. The quantitative estimate of drug-likeness (QED) is 0.870. The highest BCUT2D eigenvalue weighted by Gasteiger charge is 2.25. The molecule has 6 nitrogen and oxygen atoms in total. The number of thioether (sulfide) groups is 1. The minimum absolute atomic E-state index is 0.0194. The van der Waals surface area contributed by atoms with Crippen molar-refractivity contribution >= 4 is 46.2 Å². The van der Waals surface area contributed by atoms with E-state index in [9.17, 15) is 9.59 Å². The number of anilines is 1. The van der Waals surface area contributed by atoms with Crippen molar-refractivity contribution in [2.24, 2.45) is 4.99 Å². The minimum atomic E-state index is -0.570. The highest BCUT2D eigenvalue weighted by Crippen LogP contribution is 2.24. The van der Waals surface area contributed by atoms with Crippen LogP contribution in [-0.2, 0) is 4.79 Å². The fraction of sp³-hybridized carbons (Fsp3) is 0.250. The van der Waals surface area contributed by atoms with E-state index in [4.69, 9.17) is 16.3 Å². The van der Waals surface area contributed by atoms with E-state index in [-0.39, 0.29) is 12.0 Å². The van der Waals surface area contributed by atoms with Crippen LogP contribution in [0, 0.1) is 0 Å². The Hall–Kier alpha value is -1.73. The third kappa shape index (κ3) is 3.43. The lowest BCUT2D eigenvalue weighted by Crippen LogP contribution is -2.25. The van der Waals surface area contributed by atoms with Gasteiger partial charge in [0.05, 0.1) is 11.4 Å². The number of hydrogen-bond donors (Lipinski definition) is 1. The molecule has 1 fully saturated rings. The third-order valence-electron chi connectivity index (χ3n) is 2.52. The van der Waals surface area contributed by atoms with E-state index in [2.05, 4.69) is 10.3 Å². The monoisotopic (exact) mass is 313 g/mol. The molecule has 1 aromatic carbocycles. The third-order valence-corrected chi connectivity index (χ3v) is 3.65. The zero-order valence-corrected chi connectivity index (χ0v) is 12.2. The number of carbonyl (C=O) groups is 2. The Labute approximate surface area is 125 Å². The molecule has 1 aliphatic heterocycles. The van der Waals surface area contributed by atoms with Crippen molar-refractivity contribution in [1.29, 1.82) is 0 Å². The SMILES string of the molecule is CN1C(=O)CS/C1=N\C(=O)Nc1ccccc1OCCl. The van der Waals surface area contributed by atoms with Gasteiger partial charge in [-0.05, 0) is 12.1 Å². The van der Waals surface area contributed by atoms with Gasteiger partial charge in [-0.1, -0.05) is 35.5 Å². The summed E-state index contributed by atoms with van der Waals surface area (Å²) >= 11 is 6.73. The van der Waals surface area contributed by atoms with Gasteiger partial charge in [0.1, 0.15) is 5.75 Å². The Morgan fingerprint density at radius 3 is 2.95 bits per heavy atom. The van der Waals surface area contributed by atoms with Crippen LogP contribution in [0.1, 0.15) is 0 Å². The van der Waals surface area contributed by atoms with Gasteiger partial charge in [-0.25, -0.2) is 4.79 Å². The van der Waals surface area contributed by atoms with Gasteiger partial charge in [-0.3, -0.25) is 9.69 Å². The van der Waals surface area contributed by atoms with Crippen molar-refractivity contribution in [2.45, 2.75) is 0 Å². The number of aliphatic imine (C=N–C) groups is 1. The zero-order chi connectivity index (χ0) is 14.5. The molecule has 1 saturated heterocycles. The summed E-state index contributed by atoms with van der Waals surface area (Å²) in [6.07, 6.45) is 0. The second-order valence-electron chi connectivity index (χ2n) is 3.82. The van der Waals surface area contributed by atoms with Crippen LogP contribution >= 0.6 is 23.4 Å². The van der Waals surface area contributed by atoms with Crippen LogP contribution in [-0.4, -0.2) is 40.9 Å². The maximum atomic E-state index is 11.8. The van der Waals surface area contributed by atoms with Crippen molar-refractivity contribution in [3.8, 4) is 5.75 Å². The molecule has 3 amide bonds. The predicted octanol–water partition coefficient (Wildman–Crippen LogP) is 2.35. The van der Waals surface area contributed by atoms with Gasteiger partial charge in [0.2, 0.25) is 5.91 Å². The molecule has 0 unspecified atom stereocenters. The molecule has 2 rings (SSSR count). The average Bonchev–Trinajstić information content (AvgIpc) is 2.73. The van der Waals surface area contributed by atoms with E-state index in [1.165, 1.54) is 16.7 Å². The first-order valence-electron chi connectivity index (χ1n) is 5.68. The molecule has 20 heavy (non-hydrogen) atoms. The van der Waals surface area contributed by atoms with Crippen molar-refractivity contribution in [2.75, 3.05) is 24.2 Å². The first kappa shape index (κ1) is 14.7. The van der Waals surface area contributed by atoms with Gasteiger partial charge in [0, 0.05) is 7.05 Å². The summed E-state index contributed by atoms with van der Waals surface area (Å²) in [5.74, 6) is 0.682. The van der Waals surface area contributed by atoms with Crippen LogP contribution in [0.15, 0.2) is 29.3 Å². The molecule has 0 aliphatic carbocycles. The number of carbonyl (C=O) groups excluding carboxylic acids is 2. The van der Waals surface area contributed by atoms with Gasteiger partial charge in [0.15, 0.2) is 11.2 Å². The lowest BCUT2D eigenvalue weighted by Gasteiger charge is -2.10. The maximum absolute atomic E-state index is 11.8. The van der Waals surface area contributed by atoms with Crippen LogP contribution in [0.4, 0.5) is 10.5 Å². The number of nitrogens with zero attached hydrogens (tertiary/aromatic N) is 2. The van der Waals surface area contributed by atoms with Crippen LogP contribution < -0.4 is 10.1 Å². The summed E-state index contributed by atoms with van der Waals surface area (Å²) < 4.78 is 5.18. The van der Waals surface area contributed by atoms with Crippen LogP contribution in [0.5, 0.6) is 5.75 Å². The molecule has 0 bridgehead atoms. The number of halogens is 1. The lowest BCUT2D eigenvalue weighted by atomic mass is 10.3. The number of nitrogens with one attached hydrogen (secondary N) is 1. The van der Waals surface area contributed by atoms with E-state index in [1.807, 2.05) is 0 Å². The van der Waals surface area contributed by atoms with Crippen molar-refractivity contribution < 1.29 is 14.3 Å². The first-order chi connectivity index (χ1) is 9.61. The van der Waals surface area contributed by atoms with Gasteiger partial charge >= 0.3 is 6.03 Å². The highest BCUT2D eigenvalue weighted by molar-refractivity contribution is 8.15. The molecule has 1 heterocycles. The summed E-state index contributed by atoms with van der Waals surface area (Å²) in [4.78, 5) is 28.4. The molecule has 0 spiro atoms. The Morgan fingerprint density at radius 2 is 2.30 bits per heavy atom. The molecule has 0 radical (unpaired) electrons. The van der Waals surface area contributed by atoms with Crippen LogP contribution in [0.3, 0.4) is 0 Å². The van der Waals surface area contributed by atoms with Gasteiger partial charge < -0.3 is 10.1 Å². The fourth-order valence-electron chi connectivity index (χ4n) is 1.52. The summed E-state index contributed by atoms with van der Waals surface area (Å²) in [5.41, 5.74) is 0.472. The van der Waals surface area contributed by atoms with Gasteiger partial charge in [-0.2, -0.15) is 4.99 Å². The molecule has 8 heteroatoms. The molecule has 1 aromatic rings. The molecule has 0 atom stereocenters. The molecule has 0 aromatic heterocycles. The molecular weight excluding hydrogens is 302 g/mol. The number of hydrogen-bond acceptors (Lipinski definition) is 4. The summed E-state index contributed by atoms with van der Waals surface area (Å²) in [5, 5.41) is 2.97. The lowest BCUT2D eigenvalue weighted by molar-refractivity contribution is -0.123. The number of amides is 3. The average molecular weight is 314 g/mol. The van der Waals surface area contributed by atoms with Gasteiger partial charge in [-0.15, -0.1) is 0 Å². The number of amidine groups is 1. The topological polar surface area (TPSA) is 71.0 Å². The number of urea groups is 1. The Kier molecular flexibility index (Phi) is 4.86. The second-order valence-corrected chi connectivity index (χ2v) is 4.98. The van der Waals surface area contributed by atoms with E-state index in [1.54, 1.807) is 31.3 Å². The number of alkyl halides is 1. The normalized spacial score (nSPS) is 16.6. The largest absolute Gasteiger partial charge is 0.476 e. The standard InChI is InChI=1S/C12H12ClN3O3S/c1-16-10(17)6-20-12(16)15-11(18)14-8-4-2-3-5-9(8)19-7-13/h2-5H,6-7H2,1H3,(H,14,18)/b15-12-. The summed E-state index contributed by atoms with van der Waals surface area (Å²) in [6, 6.07) is 6.29. The van der Waals surface area contributed by atoms with Gasteiger partial charge in [0.25, 0.3) is 0 Å². The van der Waals surface area contributed by atoms with Crippen molar-refractivity contribution in [3.63, 3.8) is 0 Å². The smallest absolute Gasteiger partial charge is 0.347 e. The van der Waals surface area contributed by atoms with Crippen molar-refractivity contribution in [3.05, 3.63) is 24.3 Å². The number of para-hydroxylation sites is 2. The molecule has 1 aliphatic rings. The first-order valence-corrected chi connectivity index (χ1v) is 7.20. The number of ether oxygens (including phenoxy) is 1. The minimum Gasteiger partial charge on any atom is -0.476 e. The van der Waals surface area contributed by atoms with Crippen molar-refractivity contribution in [1.82, 2.24) is 4.90 Å². The predicted molar refractivity (Wildman–Crippen MR) is 79.5 cm³/mol. The molecule has 106 valence electrons. The summed E-state index contributed by atoms with van der Waals surface area (Å²) in [6.45, 7) is 0. The van der Waals surface area contributed by atoms with Crippen LogP contribution in [0.2, 0.25) is 0 Å².